The molecule has 2 atom stereocenters. The van der Waals surface area contributed by atoms with E-state index in [0.29, 0.717) is 12.3 Å². The van der Waals surface area contributed by atoms with Crippen molar-refractivity contribution in [3.8, 4) is 0 Å². The smallest absolute Gasteiger partial charge is 0.223 e. The normalized spacial score (nSPS) is 27.1. The number of carbonyl (C=O) groups excluding carboxylic acids is 2. The van der Waals surface area contributed by atoms with E-state index in [-0.39, 0.29) is 29.1 Å². The lowest BCUT2D eigenvalue weighted by atomic mass is 9.79. The maximum atomic E-state index is 12.5. The van der Waals surface area contributed by atoms with E-state index in [1.54, 1.807) is 0 Å². The first-order valence-corrected chi connectivity index (χ1v) is 8.75. The van der Waals surface area contributed by atoms with Gasteiger partial charge in [0.2, 0.25) is 5.91 Å². The third kappa shape index (κ3) is 3.34. The summed E-state index contributed by atoms with van der Waals surface area (Å²) in [7, 11) is 0. The summed E-state index contributed by atoms with van der Waals surface area (Å²) >= 11 is 0. The number of rotatable bonds is 4. The van der Waals surface area contributed by atoms with Crippen molar-refractivity contribution in [1.29, 1.82) is 0 Å². The number of benzene rings is 1. The Morgan fingerprint density at radius 1 is 1.22 bits per heavy atom. The van der Waals surface area contributed by atoms with Crippen LogP contribution in [0.15, 0.2) is 24.3 Å². The summed E-state index contributed by atoms with van der Waals surface area (Å²) in [6, 6.07) is 8.47. The zero-order valence-electron chi connectivity index (χ0n) is 14.4. The number of amides is 1. The summed E-state index contributed by atoms with van der Waals surface area (Å²) in [5.74, 6) is 0.867. The molecule has 0 radical (unpaired) electrons. The molecule has 0 aliphatic heterocycles. The van der Waals surface area contributed by atoms with Crippen LogP contribution >= 0.6 is 0 Å². The largest absolute Gasteiger partial charge is 0.355 e. The highest BCUT2D eigenvalue weighted by Gasteiger charge is 2.43. The maximum Gasteiger partial charge on any atom is 0.223 e. The summed E-state index contributed by atoms with van der Waals surface area (Å²) in [6.45, 7) is 7.05. The van der Waals surface area contributed by atoms with Gasteiger partial charge in [0.1, 0.15) is 5.78 Å². The highest BCUT2D eigenvalue weighted by atomic mass is 16.2. The van der Waals surface area contributed by atoms with Crippen LogP contribution in [0, 0.1) is 24.7 Å². The van der Waals surface area contributed by atoms with Gasteiger partial charge in [-0.15, -0.1) is 0 Å². The van der Waals surface area contributed by atoms with E-state index in [4.69, 9.17) is 0 Å². The number of hydrogen-bond acceptors (Lipinski definition) is 2. The van der Waals surface area contributed by atoms with Gasteiger partial charge in [-0.05, 0) is 38.2 Å². The Labute approximate surface area is 138 Å². The molecule has 124 valence electrons. The standard InChI is InChI=1S/C20H27NO2/c1-13-5-4-6-17(9-13)20(2,3)12-21-19(23)16-10-14-7-8-15(11-16)18(14)22/h4-6,9,14-16H,7-8,10-12H2,1-3H3,(H,21,23). The molecule has 1 aromatic rings. The first-order chi connectivity index (χ1) is 10.9. The van der Waals surface area contributed by atoms with E-state index in [1.165, 1.54) is 11.1 Å². The molecule has 1 aromatic carbocycles. The van der Waals surface area contributed by atoms with E-state index >= 15 is 0 Å². The average Bonchev–Trinajstić information content (AvgIpc) is 2.74. The summed E-state index contributed by atoms with van der Waals surface area (Å²) in [6.07, 6.45) is 3.49. The quantitative estimate of drug-likeness (QED) is 0.926. The molecule has 3 rings (SSSR count). The number of fused-ring (bicyclic) bond motifs is 2. The molecule has 2 saturated carbocycles. The van der Waals surface area contributed by atoms with Gasteiger partial charge in [0.05, 0.1) is 0 Å². The molecule has 0 aromatic heterocycles. The molecular weight excluding hydrogens is 286 g/mol. The van der Waals surface area contributed by atoms with Crippen LogP contribution in [0.4, 0.5) is 0 Å². The van der Waals surface area contributed by atoms with E-state index in [2.05, 4.69) is 50.4 Å². The molecule has 2 aliphatic rings. The Morgan fingerprint density at radius 3 is 2.48 bits per heavy atom. The van der Waals surface area contributed by atoms with E-state index in [0.717, 1.165) is 25.7 Å². The van der Waals surface area contributed by atoms with E-state index in [9.17, 15) is 9.59 Å². The molecule has 3 nitrogen and oxygen atoms in total. The van der Waals surface area contributed by atoms with Crippen LogP contribution in [-0.2, 0) is 15.0 Å². The molecule has 1 N–H and O–H groups in total. The van der Waals surface area contributed by atoms with Gasteiger partial charge in [-0.3, -0.25) is 9.59 Å². The SMILES string of the molecule is Cc1cccc(C(C)(C)CNC(=O)C2CC3CCC(C2)C3=O)c1. The Bertz CT molecular complexity index is 604. The Hall–Kier alpha value is -1.64. The lowest BCUT2D eigenvalue weighted by molar-refractivity contribution is -0.132. The third-order valence-electron chi connectivity index (χ3n) is 5.68. The fourth-order valence-corrected chi connectivity index (χ4v) is 4.11. The molecule has 2 aliphatic carbocycles. The highest BCUT2D eigenvalue weighted by Crippen LogP contribution is 2.42. The molecule has 0 spiro atoms. The number of Topliss-reactive ketones (excluding diaryl/α,β-unsaturated/α-hetero) is 1. The molecule has 0 saturated heterocycles. The van der Waals surface area contributed by atoms with Gasteiger partial charge in [0.15, 0.2) is 0 Å². The molecular formula is C20H27NO2. The van der Waals surface area contributed by atoms with Crippen LogP contribution in [0.25, 0.3) is 0 Å². The Balaban J connectivity index is 1.59. The molecule has 3 heteroatoms. The molecule has 2 fully saturated rings. The summed E-state index contributed by atoms with van der Waals surface area (Å²) in [5.41, 5.74) is 2.39. The van der Waals surface area contributed by atoms with Crippen molar-refractivity contribution >= 4 is 11.7 Å². The molecule has 0 heterocycles. The van der Waals surface area contributed by atoms with Crippen molar-refractivity contribution in [2.24, 2.45) is 17.8 Å². The van der Waals surface area contributed by atoms with E-state index < -0.39 is 0 Å². The summed E-state index contributed by atoms with van der Waals surface area (Å²) in [5, 5.41) is 3.14. The molecule has 23 heavy (non-hydrogen) atoms. The van der Waals surface area contributed by atoms with Crippen molar-refractivity contribution in [2.75, 3.05) is 6.54 Å². The molecule has 2 bridgehead atoms. The van der Waals surface area contributed by atoms with E-state index in [1.807, 2.05) is 0 Å². The fourth-order valence-electron chi connectivity index (χ4n) is 4.11. The second-order valence-electron chi connectivity index (χ2n) is 8.01. The number of nitrogens with one attached hydrogen (secondary N) is 1. The van der Waals surface area contributed by atoms with Crippen molar-refractivity contribution < 1.29 is 9.59 Å². The molecule has 2 unspecified atom stereocenters. The van der Waals surface area contributed by atoms with Crippen molar-refractivity contribution in [3.05, 3.63) is 35.4 Å². The van der Waals surface area contributed by atoms with Crippen LogP contribution in [0.3, 0.4) is 0 Å². The second-order valence-corrected chi connectivity index (χ2v) is 8.01. The Morgan fingerprint density at radius 2 is 1.87 bits per heavy atom. The van der Waals surface area contributed by atoms with Gasteiger partial charge in [-0.25, -0.2) is 0 Å². The zero-order valence-corrected chi connectivity index (χ0v) is 14.4. The fraction of sp³-hybridized carbons (Fsp3) is 0.600. The summed E-state index contributed by atoms with van der Waals surface area (Å²) in [4.78, 5) is 24.5. The van der Waals surface area contributed by atoms with Gasteiger partial charge in [0, 0.05) is 29.7 Å². The van der Waals surface area contributed by atoms with Crippen molar-refractivity contribution in [1.82, 2.24) is 5.32 Å². The van der Waals surface area contributed by atoms with Gasteiger partial charge in [-0.2, -0.15) is 0 Å². The number of aryl methyl sites for hydroxylation is 1. The maximum absolute atomic E-state index is 12.5. The third-order valence-corrected chi connectivity index (χ3v) is 5.68. The lowest BCUT2D eigenvalue weighted by Crippen LogP contribution is -2.42. The topological polar surface area (TPSA) is 46.2 Å². The van der Waals surface area contributed by atoms with Crippen molar-refractivity contribution in [2.45, 2.75) is 51.9 Å². The number of ketones is 1. The minimum atomic E-state index is -0.0921. The number of carbonyl (C=O) groups is 2. The minimum Gasteiger partial charge on any atom is -0.355 e. The monoisotopic (exact) mass is 313 g/mol. The summed E-state index contributed by atoms with van der Waals surface area (Å²) < 4.78 is 0. The van der Waals surface area contributed by atoms with Gasteiger partial charge in [0.25, 0.3) is 0 Å². The second kappa shape index (κ2) is 6.10. The first-order valence-electron chi connectivity index (χ1n) is 8.75. The van der Waals surface area contributed by atoms with Crippen LogP contribution in [-0.4, -0.2) is 18.2 Å². The van der Waals surface area contributed by atoms with Crippen LogP contribution < -0.4 is 5.32 Å². The predicted molar refractivity (Wildman–Crippen MR) is 91.2 cm³/mol. The molecule has 1 amide bonds. The zero-order chi connectivity index (χ0) is 16.6. The van der Waals surface area contributed by atoms with Crippen LogP contribution in [0.5, 0.6) is 0 Å². The lowest BCUT2D eigenvalue weighted by Gasteiger charge is -2.29. The predicted octanol–water partition coefficient (Wildman–Crippen LogP) is 3.39. The van der Waals surface area contributed by atoms with Crippen LogP contribution in [0.2, 0.25) is 0 Å². The first kappa shape index (κ1) is 16.2. The van der Waals surface area contributed by atoms with Crippen LogP contribution in [0.1, 0.15) is 50.7 Å². The average molecular weight is 313 g/mol. The van der Waals surface area contributed by atoms with Gasteiger partial charge < -0.3 is 5.32 Å². The van der Waals surface area contributed by atoms with Gasteiger partial charge >= 0.3 is 0 Å². The van der Waals surface area contributed by atoms with Crippen molar-refractivity contribution in [3.63, 3.8) is 0 Å². The highest BCUT2D eigenvalue weighted by molar-refractivity contribution is 5.89. The minimum absolute atomic E-state index is 0.0264. The van der Waals surface area contributed by atoms with Gasteiger partial charge in [-0.1, -0.05) is 43.7 Å². The number of hydrogen-bond donors (Lipinski definition) is 1. The Kier molecular flexibility index (Phi) is 4.31.